The maximum Gasteiger partial charge on any atom is 0.227 e. The van der Waals surface area contributed by atoms with Crippen LogP contribution in [0, 0.1) is 0 Å². The monoisotopic (exact) mass is 437 g/mol. The van der Waals surface area contributed by atoms with E-state index in [2.05, 4.69) is 20.1 Å². The molecule has 0 saturated carbocycles. The van der Waals surface area contributed by atoms with Crippen molar-refractivity contribution in [3.8, 4) is 5.75 Å². The molecule has 3 fully saturated rings. The van der Waals surface area contributed by atoms with E-state index in [1.54, 1.807) is 0 Å². The number of anilines is 2. The number of morpholine rings is 1. The molecule has 0 aliphatic carbocycles. The zero-order valence-corrected chi connectivity index (χ0v) is 18.7. The topological polar surface area (TPSA) is 79.8 Å². The van der Waals surface area contributed by atoms with Gasteiger partial charge in [0.1, 0.15) is 17.7 Å². The summed E-state index contributed by atoms with van der Waals surface area (Å²) in [7, 11) is 0. The second-order valence-electron chi connectivity index (χ2n) is 9.04. The third kappa shape index (κ3) is 4.65. The van der Waals surface area contributed by atoms with Crippen LogP contribution in [-0.4, -0.2) is 60.4 Å². The van der Waals surface area contributed by atoms with Crippen LogP contribution >= 0.6 is 0 Å². The summed E-state index contributed by atoms with van der Waals surface area (Å²) in [6.45, 7) is 6.97. The summed E-state index contributed by atoms with van der Waals surface area (Å²) in [5.41, 5.74) is 1.06. The molecule has 1 N–H and O–H groups in total. The van der Waals surface area contributed by atoms with E-state index in [4.69, 9.17) is 14.5 Å². The summed E-state index contributed by atoms with van der Waals surface area (Å²) in [4.78, 5) is 25.2. The van der Waals surface area contributed by atoms with Crippen LogP contribution in [0.4, 0.5) is 11.8 Å². The molecule has 2 aromatic rings. The van der Waals surface area contributed by atoms with Crippen LogP contribution in [-0.2, 0) is 9.53 Å². The van der Waals surface area contributed by atoms with Gasteiger partial charge in [-0.3, -0.25) is 4.79 Å². The number of fused-ring (bicyclic) bond motifs is 2. The Hall–Kier alpha value is -2.87. The highest BCUT2D eigenvalue weighted by atomic mass is 16.5. The van der Waals surface area contributed by atoms with Crippen LogP contribution < -0.4 is 19.9 Å². The normalized spacial score (nSPS) is 25.6. The van der Waals surface area contributed by atoms with Gasteiger partial charge in [0, 0.05) is 39.2 Å². The summed E-state index contributed by atoms with van der Waals surface area (Å²) >= 11 is 0. The summed E-state index contributed by atoms with van der Waals surface area (Å²) in [6.07, 6.45) is 5.84. The molecule has 0 radical (unpaired) electrons. The molecule has 5 rings (SSSR count). The molecule has 0 spiro atoms. The number of nitrogens with one attached hydrogen (secondary N) is 1. The molecule has 1 aromatic heterocycles. The summed E-state index contributed by atoms with van der Waals surface area (Å²) in [5, 5.41) is 2.90. The van der Waals surface area contributed by atoms with E-state index in [9.17, 15) is 4.79 Å². The largest absolute Gasteiger partial charge is 0.489 e. The number of hydrogen-bond acceptors (Lipinski definition) is 7. The number of rotatable bonds is 6. The molecule has 4 atom stereocenters. The van der Waals surface area contributed by atoms with Gasteiger partial charge >= 0.3 is 0 Å². The fourth-order valence-corrected chi connectivity index (χ4v) is 4.89. The summed E-state index contributed by atoms with van der Waals surface area (Å²) in [5.74, 6) is 2.58. The second-order valence-corrected chi connectivity index (χ2v) is 9.04. The lowest BCUT2D eigenvalue weighted by molar-refractivity contribution is -0.119. The number of carbonyl (C=O) groups is 1. The summed E-state index contributed by atoms with van der Waals surface area (Å²) < 4.78 is 12.2. The third-order valence-corrected chi connectivity index (χ3v) is 6.53. The smallest absolute Gasteiger partial charge is 0.227 e. The van der Waals surface area contributed by atoms with E-state index in [1.165, 1.54) is 6.92 Å². The van der Waals surface area contributed by atoms with Crippen LogP contribution in [0.5, 0.6) is 5.75 Å². The number of aromatic nitrogens is 2. The SMILES string of the molecule is CC(=O)N[C@@H](C)c1ccc(O[C@@H]2CCN(c3ccnc(N4C[C@@H]5CC[C@@H](C4)O5)n3)C2)cc1. The minimum atomic E-state index is -0.0299. The fourth-order valence-electron chi connectivity index (χ4n) is 4.89. The zero-order chi connectivity index (χ0) is 22.1. The van der Waals surface area contributed by atoms with Crippen LogP contribution in [0.2, 0.25) is 0 Å². The maximum absolute atomic E-state index is 11.3. The van der Waals surface area contributed by atoms with Gasteiger partial charge < -0.3 is 24.6 Å². The summed E-state index contributed by atoms with van der Waals surface area (Å²) in [6, 6.07) is 9.94. The Morgan fingerprint density at radius 1 is 1.09 bits per heavy atom. The molecule has 170 valence electrons. The molecule has 4 heterocycles. The number of amides is 1. The highest BCUT2D eigenvalue weighted by Crippen LogP contribution is 2.29. The van der Waals surface area contributed by atoms with Crippen molar-refractivity contribution in [3.05, 3.63) is 42.1 Å². The Balaban J connectivity index is 1.18. The Kier molecular flexibility index (Phi) is 5.87. The minimum Gasteiger partial charge on any atom is -0.489 e. The lowest BCUT2D eigenvalue weighted by Crippen LogP contribution is -2.43. The van der Waals surface area contributed by atoms with Gasteiger partial charge in [0.05, 0.1) is 24.8 Å². The van der Waals surface area contributed by atoms with Gasteiger partial charge in [0.2, 0.25) is 11.9 Å². The van der Waals surface area contributed by atoms with Gasteiger partial charge in [-0.05, 0) is 43.5 Å². The van der Waals surface area contributed by atoms with Crippen molar-refractivity contribution in [2.75, 3.05) is 36.0 Å². The highest BCUT2D eigenvalue weighted by molar-refractivity contribution is 5.73. The fraction of sp³-hybridized carbons (Fsp3) is 0.542. The minimum absolute atomic E-state index is 0.0165. The Labute approximate surface area is 188 Å². The average Bonchev–Trinajstić information content (AvgIpc) is 3.39. The van der Waals surface area contributed by atoms with Gasteiger partial charge in [-0.2, -0.15) is 4.98 Å². The van der Waals surface area contributed by atoms with Crippen molar-refractivity contribution in [3.63, 3.8) is 0 Å². The van der Waals surface area contributed by atoms with Gasteiger partial charge in [-0.25, -0.2) is 4.98 Å². The first-order chi connectivity index (χ1) is 15.5. The molecule has 8 heteroatoms. The molecule has 32 heavy (non-hydrogen) atoms. The lowest BCUT2D eigenvalue weighted by Gasteiger charge is -2.32. The number of carbonyl (C=O) groups excluding carboxylic acids is 1. The van der Waals surface area contributed by atoms with Crippen LogP contribution in [0.15, 0.2) is 36.5 Å². The van der Waals surface area contributed by atoms with E-state index in [-0.39, 0.29) is 18.1 Å². The first-order valence-electron chi connectivity index (χ1n) is 11.6. The Bertz CT molecular complexity index is 941. The second kappa shape index (κ2) is 8.94. The van der Waals surface area contributed by atoms with Crippen LogP contribution in [0.3, 0.4) is 0 Å². The maximum atomic E-state index is 11.3. The van der Waals surface area contributed by atoms with Gasteiger partial charge in [-0.1, -0.05) is 12.1 Å². The molecule has 2 bridgehead atoms. The number of benzene rings is 1. The van der Waals surface area contributed by atoms with E-state index < -0.39 is 0 Å². The van der Waals surface area contributed by atoms with Crippen LogP contribution in [0.25, 0.3) is 0 Å². The number of nitrogens with zero attached hydrogens (tertiary/aromatic N) is 4. The molecular weight excluding hydrogens is 406 g/mol. The number of hydrogen-bond donors (Lipinski definition) is 1. The zero-order valence-electron chi connectivity index (χ0n) is 18.7. The molecule has 1 amide bonds. The van der Waals surface area contributed by atoms with Gasteiger partial charge in [0.15, 0.2) is 0 Å². The molecule has 3 aliphatic heterocycles. The molecule has 8 nitrogen and oxygen atoms in total. The lowest BCUT2D eigenvalue weighted by atomic mass is 10.1. The Morgan fingerprint density at radius 3 is 2.56 bits per heavy atom. The molecule has 1 aromatic carbocycles. The van der Waals surface area contributed by atoms with E-state index in [0.717, 1.165) is 68.5 Å². The van der Waals surface area contributed by atoms with E-state index in [0.29, 0.717) is 12.2 Å². The van der Waals surface area contributed by atoms with Crippen molar-refractivity contribution < 1.29 is 14.3 Å². The van der Waals surface area contributed by atoms with Gasteiger partial charge in [-0.15, -0.1) is 0 Å². The predicted molar refractivity (Wildman–Crippen MR) is 122 cm³/mol. The average molecular weight is 438 g/mol. The predicted octanol–water partition coefficient (Wildman–Crippen LogP) is 2.70. The standard InChI is InChI=1S/C24H31N5O3/c1-16(26-17(2)30)18-3-5-19(6-4-18)31-22-10-12-28(13-22)23-9-11-25-24(27-23)29-14-20-7-8-21(15-29)32-20/h3-6,9,11,16,20-22H,7-8,10,12-15H2,1-2H3,(H,26,30)/t16-,20-,21-,22+/m0/s1. The molecule has 3 saturated heterocycles. The third-order valence-electron chi connectivity index (χ3n) is 6.53. The van der Waals surface area contributed by atoms with Crippen LogP contribution in [0.1, 0.15) is 44.7 Å². The molecule has 0 unspecified atom stereocenters. The van der Waals surface area contributed by atoms with E-state index in [1.807, 2.05) is 43.5 Å². The van der Waals surface area contributed by atoms with Crippen molar-refractivity contribution in [2.45, 2.75) is 57.5 Å². The van der Waals surface area contributed by atoms with Gasteiger partial charge in [0.25, 0.3) is 0 Å². The molecular formula is C24H31N5O3. The highest BCUT2D eigenvalue weighted by Gasteiger charge is 2.35. The Morgan fingerprint density at radius 2 is 1.84 bits per heavy atom. The van der Waals surface area contributed by atoms with Crippen molar-refractivity contribution in [2.24, 2.45) is 0 Å². The quantitative estimate of drug-likeness (QED) is 0.744. The van der Waals surface area contributed by atoms with Crippen molar-refractivity contribution in [1.82, 2.24) is 15.3 Å². The first-order valence-corrected chi connectivity index (χ1v) is 11.6. The van der Waals surface area contributed by atoms with Crippen molar-refractivity contribution in [1.29, 1.82) is 0 Å². The number of ether oxygens (including phenoxy) is 2. The molecule has 3 aliphatic rings. The van der Waals surface area contributed by atoms with Crippen molar-refractivity contribution >= 4 is 17.7 Å². The van der Waals surface area contributed by atoms with E-state index >= 15 is 0 Å². The first kappa shape index (κ1) is 21.0.